The van der Waals surface area contributed by atoms with Crippen LogP contribution in [0.3, 0.4) is 0 Å². The first-order valence-electron chi connectivity index (χ1n) is 6.34. The third kappa shape index (κ3) is 3.44. The minimum atomic E-state index is -0.832. The van der Waals surface area contributed by atoms with Crippen molar-refractivity contribution in [2.24, 2.45) is 5.73 Å². The van der Waals surface area contributed by atoms with Crippen molar-refractivity contribution in [3.63, 3.8) is 0 Å². The Hall–Kier alpha value is -2.71. The van der Waals surface area contributed by atoms with Crippen LogP contribution in [0, 0.1) is 24.1 Å². The van der Waals surface area contributed by atoms with Gasteiger partial charge in [0.25, 0.3) is 0 Å². The van der Waals surface area contributed by atoms with Crippen molar-refractivity contribution in [2.75, 3.05) is 5.32 Å². The van der Waals surface area contributed by atoms with E-state index in [9.17, 15) is 9.18 Å². The molecule has 0 aliphatic heterocycles. The lowest BCUT2D eigenvalue weighted by molar-refractivity contribution is -0.117. The first kappa shape index (κ1) is 14.7. The van der Waals surface area contributed by atoms with Gasteiger partial charge < -0.3 is 11.1 Å². The second-order valence-corrected chi connectivity index (χ2v) is 4.68. The maximum Gasteiger partial charge on any atom is 0.245 e. The number of rotatable bonds is 3. The second kappa shape index (κ2) is 6.16. The van der Waals surface area contributed by atoms with E-state index in [1.165, 1.54) is 12.1 Å². The molecule has 5 heteroatoms. The van der Waals surface area contributed by atoms with Crippen LogP contribution in [0.1, 0.15) is 22.7 Å². The van der Waals surface area contributed by atoms with Crippen molar-refractivity contribution in [3.8, 4) is 6.07 Å². The highest BCUT2D eigenvalue weighted by Crippen LogP contribution is 2.17. The van der Waals surface area contributed by atoms with Gasteiger partial charge in [0.05, 0.1) is 5.56 Å². The van der Waals surface area contributed by atoms with Crippen LogP contribution in [0.4, 0.5) is 10.1 Å². The number of anilines is 1. The third-order valence-corrected chi connectivity index (χ3v) is 3.07. The van der Waals surface area contributed by atoms with Crippen LogP contribution in [0.2, 0.25) is 0 Å². The minimum absolute atomic E-state index is 0.128. The lowest BCUT2D eigenvalue weighted by Crippen LogP contribution is -2.27. The molecule has 0 aromatic heterocycles. The molecule has 0 aliphatic rings. The second-order valence-electron chi connectivity index (χ2n) is 4.68. The van der Waals surface area contributed by atoms with Gasteiger partial charge in [-0.3, -0.25) is 4.79 Å². The topological polar surface area (TPSA) is 78.9 Å². The lowest BCUT2D eigenvalue weighted by atomic mass is 10.1. The summed E-state index contributed by atoms with van der Waals surface area (Å²) in [5.74, 6) is -1.05. The van der Waals surface area contributed by atoms with E-state index < -0.39 is 17.8 Å². The van der Waals surface area contributed by atoms with E-state index in [2.05, 4.69) is 5.32 Å². The number of nitrogens with two attached hydrogens (primary N) is 1. The van der Waals surface area contributed by atoms with Crippen molar-refractivity contribution < 1.29 is 9.18 Å². The molecule has 0 saturated carbocycles. The van der Waals surface area contributed by atoms with Crippen LogP contribution >= 0.6 is 0 Å². The van der Waals surface area contributed by atoms with Gasteiger partial charge in [-0.1, -0.05) is 29.8 Å². The zero-order valence-corrected chi connectivity index (χ0v) is 11.4. The molecule has 4 nitrogen and oxygen atoms in total. The molecule has 3 N–H and O–H groups in total. The Morgan fingerprint density at radius 1 is 1.29 bits per heavy atom. The van der Waals surface area contributed by atoms with E-state index in [1.54, 1.807) is 18.2 Å². The Balaban J connectivity index is 2.14. The van der Waals surface area contributed by atoms with E-state index in [4.69, 9.17) is 11.0 Å². The Morgan fingerprint density at radius 2 is 1.95 bits per heavy atom. The molecule has 21 heavy (non-hydrogen) atoms. The fourth-order valence-electron chi connectivity index (χ4n) is 1.83. The molecule has 2 aromatic rings. The van der Waals surface area contributed by atoms with E-state index in [0.29, 0.717) is 11.3 Å². The van der Waals surface area contributed by atoms with E-state index in [1.807, 2.05) is 19.1 Å². The van der Waals surface area contributed by atoms with Crippen molar-refractivity contribution >= 4 is 11.6 Å². The van der Waals surface area contributed by atoms with E-state index >= 15 is 0 Å². The van der Waals surface area contributed by atoms with Gasteiger partial charge in [-0.2, -0.15) is 5.26 Å². The number of nitriles is 1. The number of hydrogen-bond acceptors (Lipinski definition) is 3. The number of amides is 1. The Labute approximate surface area is 122 Å². The Morgan fingerprint density at radius 3 is 2.57 bits per heavy atom. The highest BCUT2D eigenvalue weighted by atomic mass is 19.1. The molecule has 0 radical (unpaired) electrons. The van der Waals surface area contributed by atoms with Crippen LogP contribution in [0.25, 0.3) is 0 Å². The van der Waals surface area contributed by atoms with Crippen molar-refractivity contribution in [1.82, 2.24) is 0 Å². The monoisotopic (exact) mass is 283 g/mol. The van der Waals surface area contributed by atoms with E-state index in [-0.39, 0.29) is 5.56 Å². The molecule has 0 spiro atoms. The largest absolute Gasteiger partial charge is 0.324 e. The highest BCUT2D eigenvalue weighted by Gasteiger charge is 2.16. The summed E-state index contributed by atoms with van der Waals surface area (Å²) in [5, 5.41) is 11.3. The maximum absolute atomic E-state index is 13.2. The van der Waals surface area contributed by atoms with Crippen LogP contribution < -0.4 is 11.1 Å². The molecule has 2 rings (SSSR count). The average Bonchev–Trinajstić information content (AvgIpc) is 2.49. The lowest BCUT2D eigenvalue weighted by Gasteiger charge is -2.13. The highest BCUT2D eigenvalue weighted by molar-refractivity contribution is 5.95. The average molecular weight is 283 g/mol. The van der Waals surface area contributed by atoms with Crippen LogP contribution in [-0.2, 0) is 4.79 Å². The van der Waals surface area contributed by atoms with Gasteiger partial charge in [-0.05, 0) is 30.7 Å². The summed E-state index contributed by atoms with van der Waals surface area (Å²) in [4.78, 5) is 12.1. The standard InChI is InChI=1S/C16H14FN3O/c1-10-2-4-11(5-3-10)15(19)16(21)20-13-6-7-14(17)12(8-13)9-18/h2-8,15H,19H2,1H3,(H,20,21). The molecule has 0 saturated heterocycles. The van der Waals surface area contributed by atoms with Gasteiger partial charge in [0, 0.05) is 5.69 Å². The number of hydrogen-bond donors (Lipinski definition) is 2. The minimum Gasteiger partial charge on any atom is -0.324 e. The normalized spacial score (nSPS) is 11.5. The van der Waals surface area contributed by atoms with Crippen molar-refractivity contribution in [3.05, 3.63) is 65.0 Å². The first-order chi connectivity index (χ1) is 10.0. The Kier molecular flexibility index (Phi) is 4.31. The smallest absolute Gasteiger partial charge is 0.245 e. The van der Waals surface area contributed by atoms with Gasteiger partial charge in [0.15, 0.2) is 0 Å². The van der Waals surface area contributed by atoms with Crippen molar-refractivity contribution in [1.29, 1.82) is 5.26 Å². The molecule has 0 aliphatic carbocycles. The quantitative estimate of drug-likeness (QED) is 0.908. The maximum atomic E-state index is 13.2. The van der Waals surface area contributed by atoms with Crippen LogP contribution in [-0.4, -0.2) is 5.91 Å². The summed E-state index contributed by atoms with van der Waals surface area (Å²) < 4.78 is 13.2. The van der Waals surface area contributed by atoms with Crippen LogP contribution in [0.5, 0.6) is 0 Å². The number of halogens is 1. The molecule has 2 aromatic carbocycles. The van der Waals surface area contributed by atoms with Crippen molar-refractivity contribution in [2.45, 2.75) is 13.0 Å². The first-order valence-corrected chi connectivity index (χ1v) is 6.34. The van der Waals surface area contributed by atoms with Gasteiger partial charge in [-0.25, -0.2) is 4.39 Å². The number of nitrogens with one attached hydrogen (secondary N) is 1. The number of carbonyl (C=O) groups is 1. The molecular weight excluding hydrogens is 269 g/mol. The molecule has 1 atom stereocenters. The number of benzene rings is 2. The zero-order chi connectivity index (χ0) is 15.4. The molecule has 0 fully saturated rings. The van der Waals surface area contributed by atoms with Gasteiger partial charge in [0.2, 0.25) is 5.91 Å². The number of carbonyl (C=O) groups excluding carboxylic acids is 1. The van der Waals surface area contributed by atoms with E-state index in [0.717, 1.165) is 11.6 Å². The molecule has 106 valence electrons. The van der Waals surface area contributed by atoms with Gasteiger partial charge >= 0.3 is 0 Å². The fraction of sp³-hybridized carbons (Fsp3) is 0.125. The summed E-state index contributed by atoms with van der Waals surface area (Å²) in [7, 11) is 0. The Bertz CT molecular complexity index is 704. The zero-order valence-electron chi connectivity index (χ0n) is 11.4. The molecule has 0 bridgehead atoms. The molecule has 0 heterocycles. The third-order valence-electron chi connectivity index (χ3n) is 3.07. The molecular formula is C16H14FN3O. The van der Waals surface area contributed by atoms with Gasteiger partial charge in [0.1, 0.15) is 17.9 Å². The van der Waals surface area contributed by atoms with Crippen LogP contribution in [0.15, 0.2) is 42.5 Å². The predicted octanol–water partition coefficient (Wildman–Crippen LogP) is 2.64. The summed E-state index contributed by atoms with van der Waals surface area (Å²) in [5.41, 5.74) is 7.85. The SMILES string of the molecule is Cc1ccc(C(N)C(=O)Nc2ccc(F)c(C#N)c2)cc1. The molecule has 1 unspecified atom stereocenters. The molecule has 1 amide bonds. The van der Waals surface area contributed by atoms with Gasteiger partial charge in [-0.15, -0.1) is 0 Å². The summed E-state index contributed by atoms with van der Waals surface area (Å²) in [6.07, 6.45) is 0. The summed E-state index contributed by atoms with van der Waals surface area (Å²) in [6, 6.07) is 12.0. The predicted molar refractivity (Wildman–Crippen MR) is 77.9 cm³/mol. The number of nitrogens with zero attached hydrogens (tertiary/aromatic N) is 1. The number of aryl methyl sites for hydroxylation is 1. The summed E-state index contributed by atoms with van der Waals surface area (Å²) >= 11 is 0. The fourth-order valence-corrected chi connectivity index (χ4v) is 1.83. The summed E-state index contributed by atoms with van der Waals surface area (Å²) in [6.45, 7) is 1.94.